The van der Waals surface area contributed by atoms with E-state index in [9.17, 15) is 4.79 Å². The van der Waals surface area contributed by atoms with E-state index in [4.69, 9.17) is 0 Å². The molecule has 0 saturated carbocycles. The summed E-state index contributed by atoms with van der Waals surface area (Å²) in [6.45, 7) is 3.92. The Labute approximate surface area is 119 Å². The average Bonchev–Trinajstić information content (AvgIpc) is 2.92. The van der Waals surface area contributed by atoms with E-state index in [1.54, 1.807) is 16.2 Å². The van der Waals surface area contributed by atoms with Gasteiger partial charge in [-0.05, 0) is 31.2 Å². The number of hydrogen-bond donors (Lipinski definition) is 1. The van der Waals surface area contributed by atoms with Crippen molar-refractivity contribution in [3.05, 3.63) is 22.4 Å². The van der Waals surface area contributed by atoms with Gasteiger partial charge in [0, 0.05) is 44.1 Å². The van der Waals surface area contributed by atoms with E-state index >= 15 is 0 Å². The van der Waals surface area contributed by atoms with E-state index in [1.165, 1.54) is 4.88 Å². The van der Waals surface area contributed by atoms with Crippen LogP contribution in [-0.4, -0.2) is 49.1 Å². The summed E-state index contributed by atoms with van der Waals surface area (Å²) < 4.78 is 0. The fourth-order valence-electron chi connectivity index (χ4n) is 2.49. The van der Waals surface area contributed by atoms with Crippen LogP contribution in [0.2, 0.25) is 0 Å². The standard InChI is InChI=1S/C14H23N3OS/c1-11(13-5-4-10-19-13)15-12-6-8-17(9-7-12)14(18)16(2)3/h4-5,10-12,15H,6-9H2,1-3H3. The Morgan fingerprint density at radius 2 is 2.16 bits per heavy atom. The van der Waals surface area contributed by atoms with Gasteiger partial charge in [-0.25, -0.2) is 4.79 Å². The van der Waals surface area contributed by atoms with E-state index in [0.29, 0.717) is 12.1 Å². The first-order valence-corrected chi connectivity index (χ1v) is 7.71. The largest absolute Gasteiger partial charge is 0.331 e. The predicted molar refractivity (Wildman–Crippen MR) is 79.5 cm³/mol. The third-order valence-corrected chi connectivity index (χ3v) is 4.66. The molecule has 1 aromatic heterocycles. The van der Waals surface area contributed by atoms with Crippen molar-refractivity contribution < 1.29 is 4.79 Å². The van der Waals surface area contributed by atoms with Gasteiger partial charge in [0.2, 0.25) is 0 Å². The molecule has 0 spiro atoms. The van der Waals surface area contributed by atoms with Crippen molar-refractivity contribution in [1.29, 1.82) is 0 Å². The van der Waals surface area contributed by atoms with Crippen LogP contribution in [-0.2, 0) is 0 Å². The number of likely N-dealkylation sites (tertiary alicyclic amines) is 1. The second-order valence-electron chi connectivity index (χ2n) is 5.34. The van der Waals surface area contributed by atoms with Crippen molar-refractivity contribution in [2.75, 3.05) is 27.2 Å². The Morgan fingerprint density at radius 1 is 1.47 bits per heavy atom. The molecule has 106 valence electrons. The molecule has 1 aliphatic heterocycles. The molecule has 0 aliphatic carbocycles. The highest BCUT2D eigenvalue weighted by Crippen LogP contribution is 2.21. The van der Waals surface area contributed by atoms with Gasteiger partial charge in [0.05, 0.1) is 0 Å². The van der Waals surface area contributed by atoms with Gasteiger partial charge in [-0.1, -0.05) is 6.07 Å². The van der Waals surface area contributed by atoms with Gasteiger partial charge in [0.25, 0.3) is 0 Å². The maximum Gasteiger partial charge on any atom is 0.319 e. The molecule has 1 saturated heterocycles. The molecule has 5 heteroatoms. The minimum absolute atomic E-state index is 0.129. The third kappa shape index (κ3) is 3.70. The molecule has 2 heterocycles. The van der Waals surface area contributed by atoms with Crippen molar-refractivity contribution >= 4 is 17.4 Å². The van der Waals surface area contributed by atoms with Crippen molar-refractivity contribution in [3.8, 4) is 0 Å². The molecule has 0 radical (unpaired) electrons. The number of thiophene rings is 1. The quantitative estimate of drug-likeness (QED) is 0.924. The Balaban J connectivity index is 1.79. The average molecular weight is 281 g/mol. The predicted octanol–water partition coefficient (Wildman–Crippen LogP) is 2.54. The van der Waals surface area contributed by atoms with E-state index in [1.807, 2.05) is 19.0 Å². The number of amides is 2. The van der Waals surface area contributed by atoms with Gasteiger partial charge in [-0.2, -0.15) is 0 Å². The number of urea groups is 1. The van der Waals surface area contributed by atoms with E-state index in [-0.39, 0.29) is 6.03 Å². The molecule has 0 bridgehead atoms. The maximum atomic E-state index is 11.8. The zero-order valence-electron chi connectivity index (χ0n) is 11.9. The van der Waals surface area contributed by atoms with Crippen LogP contribution in [0.25, 0.3) is 0 Å². The van der Waals surface area contributed by atoms with Crippen LogP contribution in [0.4, 0.5) is 4.79 Å². The lowest BCUT2D eigenvalue weighted by atomic mass is 10.0. The Morgan fingerprint density at radius 3 is 2.68 bits per heavy atom. The monoisotopic (exact) mass is 281 g/mol. The first kappa shape index (κ1) is 14.3. The number of rotatable bonds is 3. The Bertz CT molecular complexity index is 397. The molecule has 4 nitrogen and oxygen atoms in total. The SMILES string of the molecule is CC(NC1CCN(C(=O)N(C)C)CC1)c1cccs1. The molecule has 0 aromatic carbocycles. The third-order valence-electron chi connectivity index (χ3n) is 3.60. The topological polar surface area (TPSA) is 35.6 Å². The minimum Gasteiger partial charge on any atom is -0.331 e. The summed E-state index contributed by atoms with van der Waals surface area (Å²) in [6, 6.07) is 5.32. The second kappa shape index (κ2) is 6.39. The summed E-state index contributed by atoms with van der Waals surface area (Å²) in [4.78, 5) is 16.8. The van der Waals surface area contributed by atoms with Gasteiger partial charge in [-0.3, -0.25) is 0 Å². The van der Waals surface area contributed by atoms with Gasteiger partial charge in [-0.15, -0.1) is 11.3 Å². The van der Waals surface area contributed by atoms with Crippen LogP contribution < -0.4 is 5.32 Å². The van der Waals surface area contributed by atoms with Crippen LogP contribution in [0.1, 0.15) is 30.7 Å². The smallest absolute Gasteiger partial charge is 0.319 e. The molecule has 1 N–H and O–H groups in total. The highest BCUT2D eigenvalue weighted by molar-refractivity contribution is 7.10. The number of hydrogen-bond acceptors (Lipinski definition) is 3. The van der Waals surface area contributed by atoms with E-state index in [0.717, 1.165) is 25.9 Å². The molecule has 1 aliphatic rings. The normalized spacial score (nSPS) is 18.4. The van der Waals surface area contributed by atoms with Gasteiger partial charge >= 0.3 is 6.03 Å². The zero-order chi connectivity index (χ0) is 13.8. The summed E-state index contributed by atoms with van der Waals surface area (Å²) in [5.74, 6) is 0. The summed E-state index contributed by atoms with van der Waals surface area (Å²) in [5, 5.41) is 5.79. The highest BCUT2D eigenvalue weighted by Gasteiger charge is 2.24. The van der Waals surface area contributed by atoms with Gasteiger partial charge in [0.1, 0.15) is 0 Å². The van der Waals surface area contributed by atoms with Crippen molar-refractivity contribution in [2.24, 2.45) is 0 Å². The number of nitrogens with one attached hydrogen (secondary N) is 1. The molecule has 1 fully saturated rings. The fraction of sp³-hybridized carbons (Fsp3) is 0.643. The van der Waals surface area contributed by atoms with Gasteiger partial charge < -0.3 is 15.1 Å². The van der Waals surface area contributed by atoms with Crippen LogP contribution in [0.3, 0.4) is 0 Å². The Kier molecular flexibility index (Phi) is 4.82. The molecule has 2 amide bonds. The molecule has 19 heavy (non-hydrogen) atoms. The maximum absolute atomic E-state index is 11.8. The van der Waals surface area contributed by atoms with Crippen molar-refractivity contribution in [1.82, 2.24) is 15.1 Å². The first-order valence-electron chi connectivity index (χ1n) is 6.83. The lowest BCUT2D eigenvalue weighted by Gasteiger charge is -2.35. The Hall–Kier alpha value is -1.07. The number of carbonyl (C=O) groups is 1. The first-order chi connectivity index (χ1) is 9.08. The lowest BCUT2D eigenvalue weighted by molar-refractivity contribution is 0.151. The van der Waals surface area contributed by atoms with Gasteiger partial charge in [0.15, 0.2) is 0 Å². The van der Waals surface area contributed by atoms with Crippen LogP contribution in [0, 0.1) is 0 Å². The lowest BCUT2D eigenvalue weighted by Crippen LogP contribution is -2.48. The summed E-state index contributed by atoms with van der Waals surface area (Å²) in [7, 11) is 3.62. The van der Waals surface area contributed by atoms with Crippen molar-refractivity contribution in [2.45, 2.75) is 31.8 Å². The number of carbonyl (C=O) groups excluding carboxylic acids is 1. The molecular weight excluding hydrogens is 258 g/mol. The molecular formula is C14H23N3OS. The zero-order valence-corrected chi connectivity index (χ0v) is 12.7. The van der Waals surface area contributed by atoms with Crippen LogP contribution >= 0.6 is 11.3 Å². The summed E-state index contributed by atoms with van der Waals surface area (Å²) in [5.41, 5.74) is 0. The highest BCUT2D eigenvalue weighted by atomic mass is 32.1. The number of piperidine rings is 1. The summed E-state index contributed by atoms with van der Waals surface area (Å²) in [6.07, 6.45) is 2.07. The molecule has 1 unspecified atom stereocenters. The van der Waals surface area contributed by atoms with E-state index in [2.05, 4.69) is 29.8 Å². The fourth-order valence-corrected chi connectivity index (χ4v) is 3.24. The van der Waals surface area contributed by atoms with Crippen LogP contribution in [0.5, 0.6) is 0 Å². The molecule has 1 atom stereocenters. The molecule has 2 rings (SSSR count). The number of nitrogens with zero attached hydrogens (tertiary/aromatic N) is 2. The summed E-state index contributed by atoms with van der Waals surface area (Å²) >= 11 is 1.80. The minimum atomic E-state index is 0.129. The van der Waals surface area contributed by atoms with E-state index < -0.39 is 0 Å². The van der Waals surface area contributed by atoms with Crippen molar-refractivity contribution in [3.63, 3.8) is 0 Å². The van der Waals surface area contributed by atoms with Crippen LogP contribution in [0.15, 0.2) is 17.5 Å². The molecule has 1 aromatic rings. The second-order valence-corrected chi connectivity index (χ2v) is 6.32.